The molecule has 8 heteroatoms. The van der Waals surface area contributed by atoms with Crippen molar-refractivity contribution < 1.29 is 23.5 Å². The van der Waals surface area contributed by atoms with Gasteiger partial charge in [-0.2, -0.15) is 0 Å². The lowest BCUT2D eigenvalue weighted by molar-refractivity contribution is -0.148. The van der Waals surface area contributed by atoms with E-state index in [9.17, 15) is 18.8 Å². The van der Waals surface area contributed by atoms with Gasteiger partial charge >= 0.3 is 5.97 Å². The highest BCUT2D eigenvalue weighted by Crippen LogP contribution is 2.27. The van der Waals surface area contributed by atoms with Crippen LogP contribution in [-0.4, -0.2) is 41.9 Å². The summed E-state index contributed by atoms with van der Waals surface area (Å²) in [5.41, 5.74) is 1.01. The van der Waals surface area contributed by atoms with Crippen LogP contribution in [0.4, 0.5) is 4.39 Å². The van der Waals surface area contributed by atoms with Crippen LogP contribution in [0.3, 0.4) is 0 Å². The second-order valence-corrected chi connectivity index (χ2v) is 8.83. The van der Waals surface area contributed by atoms with Gasteiger partial charge in [-0.3, -0.25) is 14.4 Å². The highest BCUT2D eigenvalue weighted by atomic mass is 35.5. The lowest BCUT2D eigenvalue weighted by atomic mass is 9.95. The van der Waals surface area contributed by atoms with Gasteiger partial charge in [0, 0.05) is 23.7 Å². The van der Waals surface area contributed by atoms with Crippen molar-refractivity contribution >= 4 is 29.4 Å². The molecule has 33 heavy (non-hydrogen) atoms. The molecular formula is C25H28ClFN2O4. The van der Waals surface area contributed by atoms with Gasteiger partial charge in [0.1, 0.15) is 5.82 Å². The Morgan fingerprint density at radius 3 is 2.52 bits per heavy atom. The number of ether oxygens (including phenoxy) is 1. The van der Waals surface area contributed by atoms with E-state index in [1.54, 1.807) is 43.0 Å². The summed E-state index contributed by atoms with van der Waals surface area (Å²) in [6, 6.07) is 11.7. The molecule has 2 aromatic carbocycles. The Kier molecular flexibility index (Phi) is 8.44. The molecule has 0 aromatic heterocycles. The molecule has 1 heterocycles. The molecule has 1 saturated heterocycles. The van der Waals surface area contributed by atoms with Gasteiger partial charge in [0.05, 0.1) is 24.5 Å². The third-order valence-corrected chi connectivity index (χ3v) is 5.85. The van der Waals surface area contributed by atoms with Gasteiger partial charge in [-0.1, -0.05) is 29.8 Å². The fourth-order valence-electron chi connectivity index (χ4n) is 3.91. The Hall–Kier alpha value is -2.93. The molecule has 2 atom stereocenters. The van der Waals surface area contributed by atoms with Crippen molar-refractivity contribution in [3.8, 4) is 0 Å². The number of rotatable bonds is 7. The molecule has 3 rings (SSSR count). The monoisotopic (exact) mass is 474 g/mol. The normalized spacial score (nSPS) is 16.9. The molecule has 176 valence electrons. The first-order valence-electron chi connectivity index (χ1n) is 11.0. The fraction of sp³-hybridized carbons (Fsp3) is 0.400. The second-order valence-electron chi connectivity index (χ2n) is 8.42. The van der Waals surface area contributed by atoms with E-state index < -0.39 is 23.7 Å². The molecular weight excluding hydrogens is 447 g/mol. The highest BCUT2D eigenvalue weighted by Gasteiger charge is 2.31. The topological polar surface area (TPSA) is 75.7 Å². The number of amides is 2. The number of hydrogen-bond donors (Lipinski definition) is 1. The Labute approximate surface area is 198 Å². The summed E-state index contributed by atoms with van der Waals surface area (Å²) >= 11 is 6.34. The largest absolute Gasteiger partial charge is 0.463 e. The summed E-state index contributed by atoms with van der Waals surface area (Å²) in [7, 11) is 0. The number of nitrogens with one attached hydrogen (secondary N) is 1. The SMILES string of the molecule is CC(C)OC(=O)C[C@@H](NC(=O)[C@@H]1CCCN(C(=O)c2ccc(F)cc2)C1)c1ccccc1Cl. The quantitative estimate of drug-likeness (QED) is 0.598. The molecule has 1 fully saturated rings. The van der Waals surface area contributed by atoms with Crippen LogP contribution in [0.15, 0.2) is 48.5 Å². The number of esters is 1. The standard InChI is InChI=1S/C25H28ClFN2O4/c1-16(2)33-23(30)14-22(20-7-3-4-8-21(20)26)28-24(31)18-6-5-13-29(15-18)25(32)17-9-11-19(27)12-10-17/h3-4,7-12,16,18,22H,5-6,13-15H2,1-2H3,(H,28,31)/t18-,22-/m1/s1. The van der Waals surface area contributed by atoms with Crippen LogP contribution in [0.25, 0.3) is 0 Å². The Balaban J connectivity index is 1.71. The van der Waals surface area contributed by atoms with E-state index in [2.05, 4.69) is 5.32 Å². The predicted octanol–water partition coefficient (Wildman–Crippen LogP) is 4.53. The van der Waals surface area contributed by atoms with E-state index in [1.807, 2.05) is 0 Å². The van der Waals surface area contributed by atoms with Crippen molar-refractivity contribution in [2.24, 2.45) is 5.92 Å². The number of benzene rings is 2. The van der Waals surface area contributed by atoms with Gasteiger partial charge in [0.2, 0.25) is 5.91 Å². The Morgan fingerprint density at radius 1 is 1.15 bits per heavy atom. The average Bonchev–Trinajstić information content (AvgIpc) is 2.78. The minimum Gasteiger partial charge on any atom is -0.463 e. The molecule has 0 aliphatic carbocycles. The van der Waals surface area contributed by atoms with Crippen molar-refractivity contribution in [1.82, 2.24) is 10.2 Å². The van der Waals surface area contributed by atoms with Crippen molar-refractivity contribution in [3.63, 3.8) is 0 Å². The smallest absolute Gasteiger partial charge is 0.308 e. The maximum Gasteiger partial charge on any atom is 0.308 e. The van der Waals surface area contributed by atoms with Gasteiger partial charge < -0.3 is 15.0 Å². The lowest BCUT2D eigenvalue weighted by Gasteiger charge is -2.33. The van der Waals surface area contributed by atoms with Gasteiger partial charge in [-0.05, 0) is 62.6 Å². The first-order chi connectivity index (χ1) is 15.7. The zero-order chi connectivity index (χ0) is 24.0. The Bertz CT molecular complexity index is 996. The van der Waals surface area contributed by atoms with Gasteiger partial charge in [-0.25, -0.2) is 4.39 Å². The van der Waals surface area contributed by atoms with Gasteiger partial charge in [0.25, 0.3) is 5.91 Å². The molecule has 1 N–H and O–H groups in total. The first kappa shape index (κ1) is 24.7. The molecule has 0 radical (unpaired) electrons. The Morgan fingerprint density at radius 2 is 1.85 bits per heavy atom. The number of likely N-dealkylation sites (tertiary alicyclic amines) is 1. The van der Waals surface area contributed by atoms with Crippen LogP contribution in [0.1, 0.15) is 55.1 Å². The zero-order valence-corrected chi connectivity index (χ0v) is 19.5. The van der Waals surface area contributed by atoms with Crippen LogP contribution in [0.5, 0.6) is 0 Å². The van der Waals surface area contributed by atoms with Crippen molar-refractivity contribution in [1.29, 1.82) is 0 Å². The summed E-state index contributed by atoms with van der Waals surface area (Å²) in [6.45, 7) is 4.29. The predicted molar refractivity (Wildman–Crippen MR) is 123 cm³/mol. The number of carbonyl (C=O) groups excluding carboxylic acids is 3. The highest BCUT2D eigenvalue weighted by molar-refractivity contribution is 6.31. The van der Waals surface area contributed by atoms with Crippen LogP contribution in [0, 0.1) is 11.7 Å². The van der Waals surface area contributed by atoms with Crippen molar-refractivity contribution in [2.45, 2.75) is 45.3 Å². The van der Waals surface area contributed by atoms with Crippen molar-refractivity contribution in [3.05, 3.63) is 70.5 Å². The summed E-state index contributed by atoms with van der Waals surface area (Å²) in [4.78, 5) is 39.9. The molecule has 0 bridgehead atoms. The number of piperidine rings is 1. The molecule has 0 spiro atoms. The first-order valence-corrected chi connectivity index (χ1v) is 11.4. The van der Waals surface area contributed by atoms with Crippen LogP contribution in [0.2, 0.25) is 5.02 Å². The average molecular weight is 475 g/mol. The maximum absolute atomic E-state index is 13.2. The van der Waals surface area contributed by atoms with Crippen LogP contribution >= 0.6 is 11.6 Å². The summed E-state index contributed by atoms with van der Waals surface area (Å²) in [6.07, 6.45) is 0.949. The minimum absolute atomic E-state index is 0.0569. The van der Waals surface area contributed by atoms with Gasteiger partial charge in [0.15, 0.2) is 0 Å². The van der Waals surface area contributed by atoms with Crippen LogP contribution in [-0.2, 0) is 14.3 Å². The molecule has 6 nitrogen and oxygen atoms in total. The minimum atomic E-state index is -0.652. The molecule has 2 aromatic rings. The van der Waals surface area contributed by atoms with E-state index in [-0.39, 0.29) is 30.9 Å². The molecule has 0 saturated carbocycles. The second kappa shape index (κ2) is 11.3. The molecule has 0 unspecified atom stereocenters. The van der Waals surface area contributed by atoms with Crippen molar-refractivity contribution in [2.75, 3.05) is 13.1 Å². The third kappa shape index (κ3) is 6.78. The molecule has 1 aliphatic rings. The number of hydrogen-bond acceptors (Lipinski definition) is 4. The van der Waals surface area contributed by atoms with E-state index in [4.69, 9.17) is 16.3 Å². The lowest BCUT2D eigenvalue weighted by Crippen LogP contribution is -2.46. The fourth-order valence-corrected chi connectivity index (χ4v) is 4.18. The number of nitrogens with zero attached hydrogens (tertiary/aromatic N) is 1. The number of carbonyl (C=O) groups is 3. The maximum atomic E-state index is 13.2. The zero-order valence-electron chi connectivity index (χ0n) is 18.7. The summed E-state index contributed by atoms with van der Waals surface area (Å²) in [5.74, 6) is -1.78. The summed E-state index contributed by atoms with van der Waals surface area (Å²) < 4.78 is 18.5. The van der Waals surface area contributed by atoms with E-state index in [1.165, 1.54) is 24.3 Å². The summed E-state index contributed by atoms with van der Waals surface area (Å²) in [5, 5.41) is 3.38. The molecule has 2 amide bonds. The van der Waals surface area contributed by atoms with E-state index >= 15 is 0 Å². The third-order valence-electron chi connectivity index (χ3n) is 5.51. The number of halogens is 2. The van der Waals surface area contributed by atoms with E-state index in [0.717, 1.165) is 0 Å². The van der Waals surface area contributed by atoms with E-state index in [0.29, 0.717) is 35.5 Å². The van der Waals surface area contributed by atoms with Gasteiger partial charge in [-0.15, -0.1) is 0 Å². The van der Waals surface area contributed by atoms with Crippen LogP contribution < -0.4 is 5.32 Å². The molecule has 1 aliphatic heterocycles.